The van der Waals surface area contributed by atoms with Crippen LogP contribution in [0.2, 0.25) is 0 Å². The van der Waals surface area contributed by atoms with Gasteiger partial charge in [0.05, 0.1) is 29.7 Å². The molecule has 0 radical (unpaired) electrons. The van der Waals surface area contributed by atoms with Gasteiger partial charge < -0.3 is 19.4 Å². The van der Waals surface area contributed by atoms with Crippen molar-refractivity contribution in [1.29, 1.82) is 10.5 Å². The molecule has 45 heavy (non-hydrogen) atoms. The Morgan fingerprint density at radius 3 is 2.69 bits per heavy atom. The number of likely N-dealkylation sites (tertiary alicyclic amines) is 1. The third kappa shape index (κ3) is 5.71. The first-order chi connectivity index (χ1) is 21.7. The molecule has 1 unspecified atom stereocenters. The molecule has 0 N–H and O–H groups in total. The molecule has 1 aromatic heterocycles. The number of nitrogens with zero attached hydrogens (tertiary/aromatic N) is 6. The zero-order chi connectivity index (χ0) is 31.8. The topological polar surface area (TPSA) is 96.5 Å². The lowest BCUT2D eigenvalue weighted by molar-refractivity contribution is -0.131. The molecule has 0 saturated carbocycles. The summed E-state index contributed by atoms with van der Waals surface area (Å²) in [6.45, 7) is 7.11. The van der Waals surface area contributed by atoms with E-state index < -0.39 is 23.6 Å². The molecule has 2 fully saturated rings. The van der Waals surface area contributed by atoms with Crippen molar-refractivity contribution >= 4 is 22.5 Å². The van der Waals surface area contributed by atoms with Crippen LogP contribution in [0.5, 0.6) is 5.88 Å². The fourth-order valence-corrected chi connectivity index (χ4v) is 7.23. The van der Waals surface area contributed by atoms with Crippen LogP contribution in [0.3, 0.4) is 0 Å². The Kier molecular flexibility index (Phi) is 8.44. The molecular weight excluding hydrogens is 574 g/mol. The van der Waals surface area contributed by atoms with Gasteiger partial charge in [-0.25, -0.2) is 13.8 Å². The fraction of sp³-hybridized carbons (Fsp3) is 0.429. The average molecular weight is 611 g/mol. The predicted octanol–water partition coefficient (Wildman–Crippen LogP) is 5.53. The number of ether oxygens (including phenoxy) is 1. The van der Waals surface area contributed by atoms with Crippen molar-refractivity contribution in [2.45, 2.75) is 51.1 Å². The minimum atomic E-state index is -1.09. The number of carbonyl (C=O) groups excluding carboxylic acids is 1. The van der Waals surface area contributed by atoms with Crippen LogP contribution < -0.4 is 9.64 Å². The SMILES string of the molecule is C=C(F)C(=O)N1CCN(c2c(C#N)c(OC[C@@H]3CCCN3C)nc3cc(-c4cccc5c4CC(C)C5)c(F)cc23)C[C@@H]1CC#N. The second-order valence-electron chi connectivity index (χ2n) is 12.5. The highest BCUT2D eigenvalue weighted by molar-refractivity contribution is 5.99. The number of carbonyl (C=O) groups is 1. The van der Waals surface area contributed by atoms with Crippen LogP contribution in [0.4, 0.5) is 14.5 Å². The van der Waals surface area contributed by atoms with E-state index in [0.29, 0.717) is 34.7 Å². The molecule has 1 amide bonds. The van der Waals surface area contributed by atoms with Crippen molar-refractivity contribution in [2.24, 2.45) is 5.92 Å². The molecule has 3 heterocycles. The average Bonchev–Trinajstić information content (AvgIpc) is 3.62. The Morgan fingerprint density at radius 1 is 1.16 bits per heavy atom. The van der Waals surface area contributed by atoms with Gasteiger partial charge >= 0.3 is 0 Å². The second kappa shape index (κ2) is 12.5. The minimum Gasteiger partial charge on any atom is -0.475 e. The Hall–Kier alpha value is -4.54. The van der Waals surface area contributed by atoms with Crippen LogP contribution in [-0.2, 0) is 17.6 Å². The molecule has 3 atom stereocenters. The summed E-state index contributed by atoms with van der Waals surface area (Å²) in [5, 5.41) is 20.4. The number of aromatic nitrogens is 1. The zero-order valence-corrected chi connectivity index (χ0v) is 25.7. The summed E-state index contributed by atoms with van der Waals surface area (Å²) in [6.07, 6.45) is 3.80. The van der Waals surface area contributed by atoms with Crippen molar-refractivity contribution in [1.82, 2.24) is 14.8 Å². The maximum Gasteiger partial charge on any atom is 0.282 e. The smallest absolute Gasteiger partial charge is 0.282 e. The molecule has 2 saturated heterocycles. The molecular formula is C35H36F2N6O2. The molecule has 232 valence electrons. The highest BCUT2D eigenvalue weighted by Gasteiger charge is 2.35. The molecule has 3 aromatic rings. The van der Waals surface area contributed by atoms with Crippen LogP contribution in [0.15, 0.2) is 42.7 Å². The molecule has 2 aliphatic heterocycles. The number of anilines is 1. The van der Waals surface area contributed by atoms with Crippen molar-refractivity contribution in [3.05, 3.63) is 65.2 Å². The summed E-state index contributed by atoms with van der Waals surface area (Å²) >= 11 is 0. The Bertz CT molecular complexity index is 1760. The van der Waals surface area contributed by atoms with Gasteiger partial charge in [-0.1, -0.05) is 31.7 Å². The largest absolute Gasteiger partial charge is 0.475 e. The van der Waals surface area contributed by atoms with Crippen LogP contribution >= 0.6 is 0 Å². The zero-order valence-electron chi connectivity index (χ0n) is 25.7. The van der Waals surface area contributed by atoms with Crippen LogP contribution in [-0.4, -0.2) is 72.6 Å². The van der Waals surface area contributed by atoms with Gasteiger partial charge in [0.1, 0.15) is 24.1 Å². The second-order valence-corrected chi connectivity index (χ2v) is 12.5. The lowest BCUT2D eigenvalue weighted by atomic mass is 9.94. The third-order valence-electron chi connectivity index (χ3n) is 9.51. The number of hydrogen-bond donors (Lipinski definition) is 0. The maximum absolute atomic E-state index is 16.2. The number of benzene rings is 2. The number of halogens is 2. The van der Waals surface area contributed by atoms with Crippen LogP contribution in [0.25, 0.3) is 22.0 Å². The van der Waals surface area contributed by atoms with E-state index in [-0.39, 0.29) is 43.5 Å². The van der Waals surface area contributed by atoms with Crippen molar-refractivity contribution in [3.8, 4) is 29.1 Å². The van der Waals surface area contributed by atoms with Gasteiger partial charge in [-0.2, -0.15) is 10.5 Å². The predicted molar refractivity (Wildman–Crippen MR) is 168 cm³/mol. The van der Waals surface area contributed by atoms with Gasteiger partial charge in [-0.3, -0.25) is 4.79 Å². The first kappa shape index (κ1) is 30.5. The van der Waals surface area contributed by atoms with Crippen molar-refractivity contribution in [2.75, 3.05) is 44.7 Å². The highest BCUT2D eigenvalue weighted by Crippen LogP contribution is 2.41. The molecule has 2 aromatic carbocycles. The standard InChI is InChI=1S/C35H36F2N6O2/c1-21-14-23-6-4-8-26(27(23)15-21)28-17-32-29(16-31(28)37)33(30(18-39)34(40-32)45-20-25-7-5-11-41(25)3)42-12-13-43(35(44)22(2)36)24(19-42)9-10-38/h4,6,8,16-17,21,24-25H,2,5,7,9,11-15,19-20H2,1,3H3/t21?,24-,25-/m0/s1. The maximum atomic E-state index is 16.2. The van der Waals surface area contributed by atoms with Crippen molar-refractivity contribution < 1.29 is 18.3 Å². The number of likely N-dealkylation sites (N-methyl/N-ethyl adjacent to an activating group) is 1. The monoisotopic (exact) mass is 610 g/mol. The molecule has 0 spiro atoms. The lowest BCUT2D eigenvalue weighted by Crippen LogP contribution is -2.55. The Morgan fingerprint density at radius 2 is 1.98 bits per heavy atom. The fourth-order valence-electron chi connectivity index (χ4n) is 7.23. The number of amides is 1. The van der Waals surface area contributed by atoms with Gasteiger partial charge in [0.2, 0.25) is 5.88 Å². The highest BCUT2D eigenvalue weighted by atomic mass is 19.1. The summed E-state index contributed by atoms with van der Waals surface area (Å²) in [4.78, 5) is 22.8. The number of fused-ring (bicyclic) bond motifs is 2. The van der Waals surface area contributed by atoms with Crippen LogP contribution in [0.1, 0.15) is 42.9 Å². The quantitative estimate of drug-likeness (QED) is 0.325. The number of rotatable bonds is 7. The number of nitriles is 2. The van der Waals surface area contributed by atoms with Gasteiger partial charge in [0.15, 0.2) is 5.83 Å². The Labute approximate surface area is 262 Å². The summed E-state index contributed by atoms with van der Waals surface area (Å²) < 4.78 is 36.3. The van der Waals surface area contributed by atoms with E-state index in [2.05, 4.69) is 36.6 Å². The normalized spacial score (nSPS) is 21.4. The number of piperazine rings is 1. The summed E-state index contributed by atoms with van der Waals surface area (Å²) in [7, 11) is 2.04. The van der Waals surface area contributed by atoms with Gasteiger partial charge in [0, 0.05) is 36.6 Å². The van der Waals surface area contributed by atoms with E-state index in [1.54, 1.807) is 6.07 Å². The number of hydrogen-bond acceptors (Lipinski definition) is 7. The minimum absolute atomic E-state index is 0.0478. The van der Waals surface area contributed by atoms with E-state index in [1.165, 1.54) is 16.5 Å². The van der Waals surface area contributed by atoms with Crippen LogP contribution in [0, 0.1) is 34.4 Å². The van der Waals surface area contributed by atoms with Crippen molar-refractivity contribution in [3.63, 3.8) is 0 Å². The lowest BCUT2D eigenvalue weighted by Gasteiger charge is -2.42. The van der Waals surface area contributed by atoms with E-state index in [9.17, 15) is 19.7 Å². The molecule has 0 bridgehead atoms. The van der Waals surface area contributed by atoms with E-state index >= 15 is 4.39 Å². The first-order valence-corrected chi connectivity index (χ1v) is 15.5. The van der Waals surface area contributed by atoms with E-state index in [0.717, 1.165) is 43.4 Å². The molecule has 10 heteroatoms. The van der Waals surface area contributed by atoms with Gasteiger partial charge in [-0.15, -0.1) is 0 Å². The number of pyridine rings is 1. The first-order valence-electron chi connectivity index (χ1n) is 15.5. The Balaban J connectivity index is 1.48. The van der Waals surface area contributed by atoms with E-state index in [1.807, 2.05) is 24.1 Å². The third-order valence-corrected chi connectivity index (χ3v) is 9.51. The summed E-state index contributed by atoms with van der Waals surface area (Å²) in [6, 6.07) is 13.0. The molecule has 6 rings (SSSR count). The van der Waals surface area contributed by atoms with Gasteiger partial charge in [-0.05, 0) is 74.0 Å². The molecule has 1 aliphatic carbocycles. The molecule has 8 nitrogen and oxygen atoms in total. The summed E-state index contributed by atoms with van der Waals surface area (Å²) in [5.74, 6) is -1.75. The van der Waals surface area contributed by atoms with E-state index in [4.69, 9.17) is 9.72 Å². The van der Waals surface area contributed by atoms with Gasteiger partial charge in [0.25, 0.3) is 5.91 Å². The molecule has 3 aliphatic rings. The summed E-state index contributed by atoms with van der Waals surface area (Å²) in [5.41, 5.74) is 4.73.